The second kappa shape index (κ2) is 9.33. The number of rotatable bonds is 8. The molecule has 150 valence electrons. The Morgan fingerprint density at radius 3 is 2.48 bits per heavy atom. The van der Waals surface area contributed by atoms with Crippen LogP contribution in [0.15, 0.2) is 53.7 Å². The second-order valence-electron chi connectivity index (χ2n) is 6.36. The van der Waals surface area contributed by atoms with Crippen molar-refractivity contribution in [1.82, 2.24) is 15.2 Å². The number of nitrogens with one attached hydrogen (secondary N) is 1. The van der Waals surface area contributed by atoms with Gasteiger partial charge in [0, 0.05) is 24.2 Å². The zero-order valence-electron chi connectivity index (χ0n) is 15.8. The van der Waals surface area contributed by atoms with Gasteiger partial charge in [0.05, 0.1) is 5.75 Å². The summed E-state index contributed by atoms with van der Waals surface area (Å²) in [6, 6.07) is 13.3. The first-order valence-electron chi connectivity index (χ1n) is 8.89. The molecule has 1 aromatic heterocycles. The maximum absolute atomic E-state index is 13.2. The summed E-state index contributed by atoms with van der Waals surface area (Å²) in [4.78, 5) is 29.7. The van der Waals surface area contributed by atoms with Gasteiger partial charge in [0.25, 0.3) is 0 Å². The lowest BCUT2D eigenvalue weighted by Gasteiger charge is -2.22. The number of benzene rings is 2. The van der Waals surface area contributed by atoms with Crippen molar-refractivity contribution in [3.05, 3.63) is 59.9 Å². The zero-order valence-corrected chi connectivity index (χ0v) is 16.6. The van der Waals surface area contributed by atoms with Crippen molar-refractivity contribution in [3.63, 3.8) is 0 Å². The molecule has 9 heteroatoms. The quantitative estimate of drug-likeness (QED) is 0.553. The van der Waals surface area contributed by atoms with E-state index in [9.17, 15) is 14.0 Å². The number of thioether (sulfide) groups is 1. The van der Waals surface area contributed by atoms with Gasteiger partial charge in [0.1, 0.15) is 5.82 Å². The summed E-state index contributed by atoms with van der Waals surface area (Å²) in [7, 11) is 0. The lowest BCUT2D eigenvalue weighted by atomic mass is 10.1. The Morgan fingerprint density at radius 2 is 1.83 bits per heavy atom. The number of hydrogen-bond donors (Lipinski definition) is 2. The number of amides is 2. The smallest absolute Gasteiger partial charge is 0.237 e. The van der Waals surface area contributed by atoms with E-state index in [1.807, 2.05) is 31.2 Å². The number of halogens is 1. The van der Waals surface area contributed by atoms with Crippen LogP contribution in [0.3, 0.4) is 0 Å². The van der Waals surface area contributed by atoms with Crippen LogP contribution in [0.5, 0.6) is 0 Å². The molecule has 0 aliphatic rings. The largest absolute Gasteiger partial charge is 0.370 e. The molecule has 3 rings (SSSR count). The summed E-state index contributed by atoms with van der Waals surface area (Å²) in [5.41, 5.74) is 7.75. The lowest BCUT2D eigenvalue weighted by molar-refractivity contribution is -0.118. The molecule has 0 unspecified atom stereocenters. The number of carbonyl (C=O) groups excluding carboxylic acids is 2. The summed E-state index contributed by atoms with van der Waals surface area (Å²) in [6.45, 7) is 2.12. The van der Waals surface area contributed by atoms with E-state index in [-0.39, 0.29) is 24.6 Å². The second-order valence-corrected chi connectivity index (χ2v) is 7.30. The number of anilines is 1. The fraction of sp³-hybridized carbons (Fsp3) is 0.200. The number of nitrogens with zero attached hydrogens (tertiary/aromatic N) is 3. The molecular formula is C20H20FN5O2S. The Balaban J connectivity index is 1.67. The van der Waals surface area contributed by atoms with E-state index < -0.39 is 11.7 Å². The van der Waals surface area contributed by atoms with E-state index in [1.54, 1.807) is 0 Å². The van der Waals surface area contributed by atoms with E-state index in [0.29, 0.717) is 16.7 Å². The molecule has 0 fully saturated rings. The number of primary amides is 1. The third kappa shape index (κ3) is 5.64. The lowest BCUT2D eigenvalue weighted by Crippen LogP contribution is -2.35. The van der Waals surface area contributed by atoms with Crippen LogP contribution in [0.4, 0.5) is 10.1 Å². The molecular weight excluding hydrogens is 393 g/mol. The molecule has 29 heavy (non-hydrogen) atoms. The topological polar surface area (TPSA) is 105 Å². The summed E-state index contributed by atoms with van der Waals surface area (Å²) in [6.07, 6.45) is 0.00596. The minimum Gasteiger partial charge on any atom is -0.370 e. The molecule has 7 nitrogen and oxygen atoms in total. The molecule has 0 saturated carbocycles. The van der Waals surface area contributed by atoms with Gasteiger partial charge in [-0.1, -0.05) is 41.6 Å². The Bertz CT molecular complexity index is 989. The van der Waals surface area contributed by atoms with Crippen molar-refractivity contribution in [2.24, 2.45) is 5.73 Å². The average Bonchev–Trinajstić information content (AvgIpc) is 3.17. The monoisotopic (exact) mass is 413 g/mol. The van der Waals surface area contributed by atoms with Gasteiger partial charge in [-0.3, -0.25) is 14.7 Å². The van der Waals surface area contributed by atoms with Crippen LogP contribution >= 0.6 is 11.8 Å². The van der Waals surface area contributed by atoms with Gasteiger partial charge in [-0.05, 0) is 31.2 Å². The van der Waals surface area contributed by atoms with E-state index in [4.69, 9.17) is 5.73 Å². The van der Waals surface area contributed by atoms with Gasteiger partial charge in [-0.2, -0.15) is 0 Å². The Morgan fingerprint density at radius 1 is 1.14 bits per heavy atom. The highest BCUT2D eigenvalue weighted by Crippen LogP contribution is 2.22. The summed E-state index contributed by atoms with van der Waals surface area (Å²) < 4.78 is 13.2. The fourth-order valence-electron chi connectivity index (χ4n) is 2.60. The van der Waals surface area contributed by atoms with Crippen LogP contribution in [-0.2, 0) is 9.59 Å². The van der Waals surface area contributed by atoms with Gasteiger partial charge in [-0.15, -0.1) is 5.10 Å². The Kier molecular flexibility index (Phi) is 6.61. The van der Waals surface area contributed by atoms with Gasteiger partial charge in [0.2, 0.25) is 17.0 Å². The van der Waals surface area contributed by atoms with Crippen molar-refractivity contribution in [3.8, 4) is 11.4 Å². The normalized spacial score (nSPS) is 10.7. The molecule has 3 N–H and O–H groups in total. The Labute approximate surface area is 171 Å². The first kappa shape index (κ1) is 20.5. The highest BCUT2D eigenvalue weighted by atomic mass is 32.2. The number of nitrogens with two attached hydrogens (primary N) is 1. The summed E-state index contributed by atoms with van der Waals surface area (Å²) in [5.74, 6) is -0.515. The molecule has 0 bridgehead atoms. The maximum Gasteiger partial charge on any atom is 0.237 e. The van der Waals surface area contributed by atoms with Crippen molar-refractivity contribution in [2.75, 3.05) is 17.2 Å². The highest BCUT2D eigenvalue weighted by molar-refractivity contribution is 7.99. The number of carbonyl (C=O) groups is 2. The molecule has 2 amide bonds. The van der Waals surface area contributed by atoms with Gasteiger partial charge in [-0.25, -0.2) is 9.37 Å². The van der Waals surface area contributed by atoms with Crippen molar-refractivity contribution >= 4 is 29.3 Å². The van der Waals surface area contributed by atoms with E-state index >= 15 is 0 Å². The molecule has 0 saturated heterocycles. The van der Waals surface area contributed by atoms with Crippen LogP contribution in [0, 0.1) is 12.7 Å². The van der Waals surface area contributed by atoms with Crippen molar-refractivity contribution < 1.29 is 14.0 Å². The predicted octanol–water partition coefficient (Wildman–Crippen LogP) is 2.92. The van der Waals surface area contributed by atoms with Crippen LogP contribution in [0.2, 0.25) is 0 Å². The van der Waals surface area contributed by atoms with Crippen LogP contribution in [0.1, 0.15) is 12.0 Å². The molecule has 2 aromatic carbocycles. The molecule has 0 radical (unpaired) electrons. The molecule has 0 atom stereocenters. The van der Waals surface area contributed by atoms with Gasteiger partial charge in [0.15, 0.2) is 5.82 Å². The molecule has 0 spiro atoms. The third-order valence-corrected chi connectivity index (χ3v) is 4.97. The first-order chi connectivity index (χ1) is 13.9. The fourth-order valence-corrected chi connectivity index (χ4v) is 3.27. The minimum atomic E-state index is -0.519. The number of aryl methyl sites for hydroxylation is 1. The number of H-pyrrole nitrogens is 1. The van der Waals surface area contributed by atoms with Gasteiger partial charge >= 0.3 is 0 Å². The molecule has 1 heterocycles. The van der Waals surface area contributed by atoms with E-state index in [0.717, 1.165) is 11.1 Å². The summed E-state index contributed by atoms with van der Waals surface area (Å²) >= 11 is 1.17. The zero-order chi connectivity index (χ0) is 20.8. The van der Waals surface area contributed by atoms with E-state index in [1.165, 1.54) is 40.9 Å². The van der Waals surface area contributed by atoms with E-state index in [2.05, 4.69) is 15.2 Å². The maximum atomic E-state index is 13.2. The standard InChI is InChI=1S/C20H20FN5O2S/c1-13-2-4-14(5-3-13)19-23-20(25-24-19)29-12-18(28)26(11-10-17(22)27)16-8-6-15(21)7-9-16/h2-9H,10-12H2,1H3,(H2,22,27)(H,23,24,25). The molecule has 3 aromatic rings. The minimum absolute atomic E-state index is 0.00596. The molecule has 0 aliphatic heterocycles. The first-order valence-corrected chi connectivity index (χ1v) is 9.87. The average molecular weight is 413 g/mol. The molecule has 0 aliphatic carbocycles. The van der Waals surface area contributed by atoms with Crippen LogP contribution in [-0.4, -0.2) is 39.3 Å². The summed E-state index contributed by atoms with van der Waals surface area (Å²) in [5, 5.41) is 7.43. The Hall–Kier alpha value is -3.20. The number of hydrogen-bond acceptors (Lipinski definition) is 5. The van der Waals surface area contributed by atoms with Crippen LogP contribution in [0.25, 0.3) is 11.4 Å². The van der Waals surface area contributed by atoms with Gasteiger partial charge < -0.3 is 10.6 Å². The highest BCUT2D eigenvalue weighted by Gasteiger charge is 2.18. The van der Waals surface area contributed by atoms with Crippen molar-refractivity contribution in [2.45, 2.75) is 18.5 Å². The SMILES string of the molecule is Cc1ccc(-c2nc(SCC(=O)N(CCC(N)=O)c3ccc(F)cc3)n[nH]2)cc1. The number of aromatic amines is 1. The van der Waals surface area contributed by atoms with Crippen LogP contribution < -0.4 is 10.6 Å². The number of aromatic nitrogens is 3. The predicted molar refractivity (Wildman–Crippen MR) is 110 cm³/mol. The third-order valence-electron chi connectivity index (χ3n) is 4.14. The van der Waals surface area contributed by atoms with Crippen molar-refractivity contribution in [1.29, 1.82) is 0 Å².